The molecular weight excluding hydrogens is 708 g/mol. The lowest BCUT2D eigenvalue weighted by Gasteiger charge is -2.45. The Labute approximate surface area is 311 Å². The summed E-state index contributed by atoms with van der Waals surface area (Å²) < 4.78 is 52.4. The molecular formula is C39H42O15. The molecule has 0 aromatic heterocycles. The SMILES string of the molecule is CC(=O)OC[C@@H]1O[C@@H](O[C@H]2[C@H](O)[C@@H](COC(=O)c3ccccc3)O[C@@H]2COC(=O)c2ccccc2)[C@H](OC(C)=O)[C@@H](OCc2ccccc2)[C@@H]1OC(C)=O. The predicted molar refractivity (Wildman–Crippen MR) is 184 cm³/mol. The number of rotatable bonds is 15. The van der Waals surface area contributed by atoms with Gasteiger partial charge >= 0.3 is 29.8 Å². The quantitative estimate of drug-likeness (QED) is 0.176. The highest BCUT2D eigenvalue weighted by atomic mass is 16.7. The molecule has 0 spiro atoms. The van der Waals surface area contributed by atoms with Crippen molar-refractivity contribution < 1.29 is 71.7 Å². The first-order chi connectivity index (χ1) is 26.0. The molecule has 2 saturated heterocycles. The second-order valence-corrected chi connectivity index (χ2v) is 12.5. The number of ether oxygens (including phenoxy) is 9. The molecule has 5 rings (SSSR count). The summed E-state index contributed by atoms with van der Waals surface area (Å²) in [7, 11) is 0. The largest absolute Gasteiger partial charge is 0.463 e. The van der Waals surface area contributed by atoms with Crippen LogP contribution >= 0.6 is 0 Å². The molecule has 54 heavy (non-hydrogen) atoms. The van der Waals surface area contributed by atoms with Gasteiger partial charge in [-0.05, 0) is 29.8 Å². The molecule has 0 bridgehead atoms. The molecule has 2 fully saturated rings. The van der Waals surface area contributed by atoms with Gasteiger partial charge in [0.2, 0.25) is 0 Å². The minimum atomic E-state index is -1.57. The number of aliphatic hydroxyl groups is 1. The van der Waals surface area contributed by atoms with Gasteiger partial charge < -0.3 is 47.7 Å². The minimum Gasteiger partial charge on any atom is -0.463 e. The number of hydrogen-bond acceptors (Lipinski definition) is 15. The topological polar surface area (TPSA) is 189 Å². The van der Waals surface area contributed by atoms with Crippen molar-refractivity contribution in [3.8, 4) is 0 Å². The predicted octanol–water partition coefficient (Wildman–Crippen LogP) is 2.95. The smallest absolute Gasteiger partial charge is 0.338 e. The zero-order chi connectivity index (χ0) is 38.6. The number of benzene rings is 3. The highest BCUT2D eigenvalue weighted by Gasteiger charge is 2.55. The van der Waals surface area contributed by atoms with Crippen molar-refractivity contribution in [2.24, 2.45) is 0 Å². The van der Waals surface area contributed by atoms with Crippen LogP contribution in [0.4, 0.5) is 0 Å². The maximum Gasteiger partial charge on any atom is 0.338 e. The van der Waals surface area contributed by atoms with Crippen LogP contribution in [0.1, 0.15) is 47.1 Å². The molecule has 0 amide bonds. The van der Waals surface area contributed by atoms with E-state index in [1.807, 2.05) is 6.07 Å². The minimum absolute atomic E-state index is 0.0316. The third kappa shape index (κ3) is 10.9. The fourth-order valence-electron chi connectivity index (χ4n) is 5.97. The summed E-state index contributed by atoms with van der Waals surface area (Å²) in [5, 5.41) is 11.6. The molecule has 0 aliphatic carbocycles. The van der Waals surface area contributed by atoms with E-state index in [1.54, 1.807) is 84.9 Å². The van der Waals surface area contributed by atoms with E-state index in [0.29, 0.717) is 0 Å². The monoisotopic (exact) mass is 750 g/mol. The van der Waals surface area contributed by atoms with Crippen molar-refractivity contribution in [2.45, 2.75) is 82.5 Å². The van der Waals surface area contributed by atoms with E-state index in [-0.39, 0.29) is 17.7 Å². The van der Waals surface area contributed by atoms with Gasteiger partial charge in [0.05, 0.1) is 17.7 Å². The van der Waals surface area contributed by atoms with Crippen molar-refractivity contribution in [3.63, 3.8) is 0 Å². The summed E-state index contributed by atoms with van der Waals surface area (Å²) in [6.45, 7) is 2.20. The highest BCUT2D eigenvalue weighted by Crippen LogP contribution is 2.34. The first kappa shape index (κ1) is 40.0. The zero-order valence-electron chi connectivity index (χ0n) is 29.8. The number of carbonyl (C=O) groups excluding carboxylic acids is 5. The molecule has 3 aromatic carbocycles. The second kappa shape index (κ2) is 19.2. The third-order valence-electron chi connectivity index (χ3n) is 8.43. The van der Waals surface area contributed by atoms with Crippen molar-refractivity contribution in [1.82, 2.24) is 0 Å². The third-order valence-corrected chi connectivity index (χ3v) is 8.43. The van der Waals surface area contributed by atoms with Crippen LogP contribution < -0.4 is 0 Å². The van der Waals surface area contributed by atoms with Gasteiger partial charge in [-0.1, -0.05) is 66.7 Å². The number of aliphatic hydroxyl groups excluding tert-OH is 1. The van der Waals surface area contributed by atoms with Crippen LogP contribution in [-0.4, -0.2) is 110 Å². The van der Waals surface area contributed by atoms with Crippen LogP contribution in [-0.2, 0) is 63.6 Å². The number of hydrogen-bond donors (Lipinski definition) is 1. The zero-order valence-corrected chi connectivity index (χ0v) is 29.8. The molecule has 1 N–H and O–H groups in total. The fourth-order valence-corrected chi connectivity index (χ4v) is 5.97. The van der Waals surface area contributed by atoms with Gasteiger partial charge in [-0.3, -0.25) is 14.4 Å². The van der Waals surface area contributed by atoms with Crippen LogP contribution in [0.3, 0.4) is 0 Å². The summed E-state index contributed by atoms with van der Waals surface area (Å²) in [6.07, 6.45) is -12.0. The molecule has 0 saturated carbocycles. The molecule has 15 heteroatoms. The Bertz CT molecular complexity index is 1700. The first-order valence-corrected chi connectivity index (χ1v) is 17.2. The van der Waals surface area contributed by atoms with Crippen molar-refractivity contribution in [3.05, 3.63) is 108 Å². The Morgan fingerprint density at radius 1 is 0.556 bits per heavy atom. The van der Waals surface area contributed by atoms with E-state index < -0.39 is 105 Å². The van der Waals surface area contributed by atoms with Crippen LogP contribution in [0.15, 0.2) is 91.0 Å². The normalized spacial score (nSPS) is 26.3. The Morgan fingerprint density at radius 2 is 1.04 bits per heavy atom. The number of carbonyl (C=O) groups is 5. The summed E-state index contributed by atoms with van der Waals surface area (Å²) >= 11 is 0. The molecule has 2 aliphatic rings. The maximum absolute atomic E-state index is 12.9. The second-order valence-electron chi connectivity index (χ2n) is 12.5. The van der Waals surface area contributed by atoms with Crippen LogP contribution in [0, 0.1) is 0 Å². The van der Waals surface area contributed by atoms with E-state index in [1.165, 1.54) is 13.8 Å². The van der Waals surface area contributed by atoms with E-state index >= 15 is 0 Å². The Kier molecular flexibility index (Phi) is 14.2. The summed E-state index contributed by atoms with van der Waals surface area (Å²) in [4.78, 5) is 62.4. The summed E-state index contributed by atoms with van der Waals surface area (Å²) in [5.41, 5.74) is 1.26. The number of esters is 5. The maximum atomic E-state index is 12.9. The first-order valence-electron chi connectivity index (χ1n) is 17.2. The lowest BCUT2D eigenvalue weighted by atomic mass is 9.97. The summed E-state index contributed by atoms with van der Waals surface area (Å²) in [6, 6.07) is 25.4. The van der Waals surface area contributed by atoms with Gasteiger partial charge in [0, 0.05) is 20.8 Å². The van der Waals surface area contributed by atoms with Gasteiger partial charge in [-0.15, -0.1) is 0 Å². The Hall–Kier alpha value is -5.19. The molecule has 9 atom stereocenters. The average molecular weight is 751 g/mol. The molecule has 0 radical (unpaired) electrons. The van der Waals surface area contributed by atoms with Crippen molar-refractivity contribution in [1.29, 1.82) is 0 Å². The molecule has 0 unspecified atom stereocenters. The molecule has 15 nitrogen and oxygen atoms in total. The van der Waals surface area contributed by atoms with E-state index in [4.69, 9.17) is 42.6 Å². The van der Waals surface area contributed by atoms with Crippen molar-refractivity contribution >= 4 is 29.8 Å². The van der Waals surface area contributed by atoms with Gasteiger partial charge in [0.25, 0.3) is 0 Å². The van der Waals surface area contributed by atoms with Gasteiger partial charge in [-0.25, -0.2) is 9.59 Å². The lowest BCUT2D eigenvalue weighted by Crippen LogP contribution is -2.63. The molecule has 288 valence electrons. The van der Waals surface area contributed by atoms with Gasteiger partial charge in [0.1, 0.15) is 56.4 Å². The van der Waals surface area contributed by atoms with E-state index in [0.717, 1.165) is 12.5 Å². The van der Waals surface area contributed by atoms with Crippen LogP contribution in [0.25, 0.3) is 0 Å². The molecule has 2 aliphatic heterocycles. The fraction of sp³-hybridized carbons (Fsp3) is 0.410. The van der Waals surface area contributed by atoms with E-state index in [9.17, 15) is 29.1 Å². The lowest BCUT2D eigenvalue weighted by molar-refractivity contribution is -0.328. The molecule has 3 aromatic rings. The Balaban J connectivity index is 1.44. The van der Waals surface area contributed by atoms with Gasteiger partial charge in [-0.2, -0.15) is 0 Å². The standard InChI is InChI=1S/C39H42O15/c1-23(40)46-21-31-34(50-24(2)41)35(47-19-26-13-7-4-8-14-26)36(51-25(3)42)39(53-31)54-33-30(22-49-38(45)28-17-11-6-12-18-28)52-29(32(33)43)20-48-37(44)27-15-9-5-10-16-27/h4-18,29-36,39,43H,19-22H2,1-3H3/t29-,30-,31+,32-,33-,34-,35+,36-,39+/m1/s1. The van der Waals surface area contributed by atoms with E-state index in [2.05, 4.69) is 0 Å². The molecule has 2 heterocycles. The van der Waals surface area contributed by atoms with Crippen LogP contribution in [0.2, 0.25) is 0 Å². The van der Waals surface area contributed by atoms with Crippen LogP contribution in [0.5, 0.6) is 0 Å². The highest BCUT2D eigenvalue weighted by molar-refractivity contribution is 5.89. The Morgan fingerprint density at radius 3 is 1.57 bits per heavy atom. The average Bonchev–Trinajstić information content (AvgIpc) is 3.46. The van der Waals surface area contributed by atoms with Gasteiger partial charge in [0.15, 0.2) is 18.5 Å². The summed E-state index contributed by atoms with van der Waals surface area (Å²) in [5.74, 6) is -3.50. The van der Waals surface area contributed by atoms with Crippen molar-refractivity contribution in [2.75, 3.05) is 19.8 Å².